The normalized spacial score (nSPS) is 14.3. The molecule has 0 heterocycles. The second-order valence-electron chi connectivity index (χ2n) is 17.0. The second kappa shape index (κ2) is 19.0. The summed E-state index contributed by atoms with van der Waals surface area (Å²) < 4.78 is 17.3. The third kappa shape index (κ3) is 16.5. The van der Waals surface area contributed by atoms with E-state index in [0.29, 0.717) is 15.1 Å². The molecule has 0 aromatic heterocycles. The fourth-order valence-electron chi connectivity index (χ4n) is 3.53. The quantitative estimate of drug-likeness (QED) is 0.121. The maximum absolute atomic E-state index is 12.1. The van der Waals surface area contributed by atoms with Crippen LogP contribution < -0.4 is 0 Å². The third-order valence-electron chi connectivity index (χ3n) is 9.84. The zero-order valence-corrected chi connectivity index (χ0v) is 40.8. The molecule has 0 aromatic rings. The molecule has 0 saturated heterocycles. The molecule has 0 unspecified atom stereocenters. The van der Waals surface area contributed by atoms with Crippen molar-refractivity contribution < 1.29 is 35.7 Å². The van der Waals surface area contributed by atoms with E-state index < -0.39 is 32.3 Å². The first-order valence-corrected chi connectivity index (χ1v) is 26.2. The van der Waals surface area contributed by atoms with Gasteiger partial charge in [-0.1, -0.05) is 141 Å². The van der Waals surface area contributed by atoms with E-state index in [2.05, 4.69) is 106 Å². The van der Waals surface area contributed by atoms with Crippen molar-refractivity contribution in [3.63, 3.8) is 0 Å². The van der Waals surface area contributed by atoms with Crippen LogP contribution in [0.1, 0.15) is 62.3 Å². The Bertz CT molecular complexity index is 717. The van der Waals surface area contributed by atoms with Gasteiger partial charge < -0.3 is 19.8 Å². The Balaban J connectivity index is -0.00000112. The van der Waals surface area contributed by atoms with Crippen LogP contribution in [-0.2, 0) is 4.57 Å². The number of hydrogen-bond donors (Lipinski definition) is 0. The number of rotatable bonds is 15. The van der Waals surface area contributed by atoms with Crippen LogP contribution in [0.5, 0.6) is 0 Å². The predicted octanol–water partition coefficient (Wildman–Crippen LogP) is 9.20. The largest absolute Gasteiger partial charge is 3.00 e. The summed E-state index contributed by atoms with van der Waals surface area (Å²) in [6.45, 7) is 41.4. The minimum atomic E-state index is -2.44. The van der Waals surface area contributed by atoms with Crippen LogP contribution >= 0.6 is 7.59 Å². The molecule has 0 rings (SSSR count). The van der Waals surface area contributed by atoms with Gasteiger partial charge >= 0.3 is 31.1 Å². The first kappa shape index (κ1) is 49.0. The van der Waals surface area contributed by atoms with Gasteiger partial charge in [-0.2, -0.15) is 0 Å². The van der Waals surface area contributed by atoms with Gasteiger partial charge in [-0.25, -0.2) is 14.0 Å². The van der Waals surface area contributed by atoms with E-state index in [4.69, 9.17) is 14.9 Å². The molecule has 8 nitrogen and oxygen atoms in total. The fourth-order valence-corrected chi connectivity index (χ4v) is 9.08. The van der Waals surface area contributed by atoms with Crippen LogP contribution in [0.25, 0.3) is 14.9 Å². The van der Waals surface area contributed by atoms with Crippen molar-refractivity contribution in [1.29, 1.82) is 0 Å². The minimum absolute atomic E-state index is 0. The Morgan fingerprint density at radius 2 is 0.674 bits per heavy atom. The molecule has 0 aliphatic carbocycles. The predicted molar refractivity (Wildman–Crippen MR) is 201 cm³/mol. The van der Waals surface area contributed by atoms with Crippen LogP contribution in [0.15, 0.2) is 0 Å². The summed E-state index contributed by atoms with van der Waals surface area (Å²) >= 11 is 0. The van der Waals surface area contributed by atoms with E-state index >= 15 is 0 Å². The number of nitrogens with zero attached hydrogens (tertiary/aromatic N) is 7. The maximum atomic E-state index is 12.1. The smallest absolute Gasteiger partial charge is 0.663 e. The first-order chi connectivity index (χ1) is 18.4. The Morgan fingerprint density at radius 1 is 0.488 bits per heavy atom. The van der Waals surface area contributed by atoms with E-state index in [-0.39, 0.29) is 31.1 Å². The van der Waals surface area contributed by atoms with E-state index in [9.17, 15) is 4.57 Å². The summed E-state index contributed by atoms with van der Waals surface area (Å²) in [6.07, 6.45) is 0. The van der Waals surface area contributed by atoms with Gasteiger partial charge in [-0.15, -0.1) is 19.6 Å². The van der Waals surface area contributed by atoms with E-state index in [1.54, 1.807) is 14.0 Å². The van der Waals surface area contributed by atoms with Gasteiger partial charge in [0.05, 0.1) is 0 Å². The molecule has 0 atom stereocenters. The van der Waals surface area contributed by atoms with E-state index in [1.165, 1.54) is 0 Å². The van der Waals surface area contributed by atoms with Gasteiger partial charge in [0.1, 0.15) is 0 Å². The molecule has 0 bridgehead atoms. The van der Waals surface area contributed by atoms with Crippen molar-refractivity contribution in [1.82, 2.24) is 18.9 Å². The molecule has 0 saturated carbocycles. The zero-order chi connectivity index (χ0) is 34.2. The standard InChI is InChI=1S/C24H57N4Si3.C6H18N3OP.U/c1-22(2,3)29(10,11)25-16-19-28(20-17-26-30(12,13)23(4,5)6)21-18-27-31(14,15)24(7,8)9;1-7(2)11(10,8(3)4)9(5)6;/h16-21H2,1-15H3;1-6H3;/q-3;;+3. The topological polar surface area (TPSA) is 72.3 Å². The number of hydrogen-bond acceptors (Lipinski definition) is 2. The van der Waals surface area contributed by atoms with Crippen molar-refractivity contribution in [3.8, 4) is 0 Å². The molecule has 257 valence electrons. The molecular formula is C30H75N7OPSi3U. The van der Waals surface area contributed by atoms with Gasteiger partial charge in [0, 0.05) is 0 Å². The molecule has 1 radical (unpaired) electrons. The average molecular weight is 903 g/mol. The maximum Gasteiger partial charge on any atom is 3.00 e. The van der Waals surface area contributed by atoms with Gasteiger partial charge in [0.2, 0.25) is 0 Å². The Morgan fingerprint density at radius 3 is 0.791 bits per heavy atom. The van der Waals surface area contributed by atoms with Crippen molar-refractivity contribution >= 4 is 32.3 Å². The van der Waals surface area contributed by atoms with Crippen LogP contribution in [-0.4, -0.2) is 125 Å². The summed E-state index contributed by atoms with van der Waals surface area (Å²) in [6, 6.07) is 0. The zero-order valence-electron chi connectivity index (χ0n) is 32.7. The van der Waals surface area contributed by atoms with Crippen molar-refractivity contribution in [2.24, 2.45) is 0 Å². The summed E-state index contributed by atoms with van der Waals surface area (Å²) in [5.74, 6) is 0. The Labute approximate surface area is 298 Å². The summed E-state index contributed by atoms with van der Waals surface area (Å²) in [4.78, 5) is 18.2. The van der Waals surface area contributed by atoms with Crippen molar-refractivity contribution in [2.75, 3.05) is 81.6 Å². The van der Waals surface area contributed by atoms with Crippen LogP contribution in [0.2, 0.25) is 54.4 Å². The van der Waals surface area contributed by atoms with Crippen LogP contribution in [0.3, 0.4) is 0 Å². The van der Waals surface area contributed by atoms with Gasteiger partial charge in [-0.05, 0) is 61.9 Å². The van der Waals surface area contributed by atoms with E-state index in [1.807, 2.05) is 42.3 Å². The second-order valence-corrected chi connectivity index (χ2v) is 35.2. The SMILES string of the molecule is CC(C)(C)[Si](C)(C)[N-]CCN(CC[N-][Si](C)(C)C(C)(C)C)CC[N-][Si](C)(C)C(C)(C)C.CN(C)P(=O)(N(C)C)N(C)C.[U+3]. The van der Waals surface area contributed by atoms with Crippen LogP contribution in [0, 0.1) is 31.1 Å². The van der Waals surface area contributed by atoms with Crippen LogP contribution in [0.4, 0.5) is 0 Å². The molecule has 0 aliphatic rings. The summed E-state index contributed by atoms with van der Waals surface area (Å²) in [7, 11) is 3.75. The molecule has 0 spiro atoms. The molecular weight excluding hydrogens is 828 g/mol. The Kier molecular flexibility index (Phi) is 21.7. The van der Waals surface area contributed by atoms with Crippen molar-refractivity contribution in [3.05, 3.63) is 14.9 Å². The van der Waals surface area contributed by atoms with Gasteiger partial charge in [0.15, 0.2) is 0 Å². The van der Waals surface area contributed by atoms with Gasteiger partial charge in [-0.3, -0.25) is 4.57 Å². The molecule has 43 heavy (non-hydrogen) atoms. The summed E-state index contributed by atoms with van der Waals surface area (Å²) in [5.41, 5.74) is 0. The molecule has 0 amide bonds. The summed E-state index contributed by atoms with van der Waals surface area (Å²) in [5, 5.41) is 0.938. The molecule has 0 fully saturated rings. The molecule has 0 aromatic carbocycles. The monoisotopic (exact) mass is 903 g/mol. The first-order valence-electron chi connectivity index (χ1n) is 15.8. The fraction of sp³-hybridized carbons (Fsp3) is 1.00. The van der Waals surface area contributed by atoms with E-state index in [0.717, 1.165) is 39.3 Å². The Hall–Kier alpha value is 1.65. The van der Waals surface area contributed by atoms with Gasteiger partial charge in [0.25, 0.3) is 7.59 Å². The molecule has 0 N–H and O–H groups in total. The van der Waals surface area contributed by atoms with Crippen molar-refractivity contribution in [2.45, 2.75) is 117 Å². The average Bonchev–Trinajstić information content (AvgIpc) is 2.75. The molecule has 0 aliphatic heterocycles. The molecule has 13 heteroatoms. The third-order valence-corrected chi connectivity index (χ3v) is 27.0. The minimum Gasteiger partial charge on any atom is -0.663 e.